The molecule has 0 aromatic rings. The predicted octanol–water partition coefficient (Wildman–Crippen LogP) is 1.88. The number of carbonyl (C=O) groups excluding carboxylic acids is 1. The Kier molecular flexibility index (Phi) is 3.92. The Bertz CT molecular complexity index is 323. The van der Waals surface area contributed by atoms with Crippen molar-refractivity contribution in [3.8, 4) is 0 Å². The second-order valence-corrected chi connectivity index (χ2v) is 4.72. The molecule has 1 heterocycles. The van der Waals surface area contributed by atoms with Gasteiger partial charge in [-0.3, -0.25) is 4.79 Å². The summed E-state index contributed by atoms with van der Waals surface area (Å²) >= 11 is 0. The largest absolute Gasteiger partial charge is 0.381 e. The van der Waals surface area contributed by atoms with Crippen LogP contribution in [0.5, 0.6) is 0 Å². The highest BCUT2D eigenvalue weighted by Crippen LogP contribution is 2.23. The van der Waals surface area contributed by atoms with Crippen LogP contribution in [0.3, 0.4) is 0 Å². The van der Waals surface area contributed by atoms with Crippen molar-refractivity contribution in [3.63, 3.8) is 0 Å². The zero-order chi connectivity index (χ0) is 12.3. The first-order valence-electron chi connectivity index (χ1n) is 5.75. The van der Waals surface area contributed by atoms with Gasteiger partial charge in [0, 0.05) is 13.1 Å². The van der Waals surface area contributed by atoms with Crippen LogP contribution in [0.25, 0.3) is 0 Å². The fourth-order valence-electron chi connectivity index (χ4n) is 1.99. The van der Waals surface area contributed by atoms with Gasteiger partial charge < -0.3 is 10.0 Å². The third-order valence-corrected chi connectivity index (χ3v) is 2.97. The number of nitrogens with zero attached hydrogens (tertiary/aromatic N) is 1. The molecule has 0 saturated heterocycles. The molecule has 1 N–H and O–H groups in total. The molecule has 1 rings (SSSR count). The van der Waals surface area contributed by atoms with Crippen molar-refractivity contribution >= 4 is 5.91 Å². The van der Waals surface area contributed by atoms with Crippen molar-refractivity contribution in [2.45, 2.75) is 39.2 Å². The zero-order valence-corrected chi connectivity index (χ0v) is 10.4. The Morgan fingerprint density at radius 3 is 2.69 bits per heavy atom. The van der Waals surface area contributed by atoms with E-state index in [0.29, 0.717) is 13.1 Å². The minimum absolute atomic E-state index is 0.193. The fraction of sp³-hybridized carbons (Fsp3) is 0.615. The summed E-state index contributed by atoms with van der Waals surface area (Å²) in [7, 11) is 0. The van der Waals surface area contributed by atoms with Crippen LogP contribution in [0, 0.1) is 0 Å². The molecular weight excluding hydrogens is 202 g/mol. The highest BCUT2D eigenvalue weighted by atomic mass is 16.3. The number of amides is 1. The number of allylic oxidation sites excluding steroid dienone is 1. The summed E-state index contributed by atoms with van der Waals surface area (Å²) in [5.41, 5.74) is 1.23. The highest BCUT2D eigenvalue weighted by molar-refractivity contribution is 5.84. The summed E-state index contributed by atoms with van der Waals surface area (Å²) in [6, 6.07) is 0. The van der Waals surface area contributed by atoms with Crippen LogP contribution in [-0.2, 0) is 4.79 Å². The van der Waals surface area contributed by atoms with Gasteiger partial charge in [0.1, 0.15) is 5.60 Å². The second kappa shape index (κ2) is 4.83. The van der Waals surface area contributed by atoms with Crippen LogP contribution >= 0.6 is 0 Å². The second-order valence-electron chi connectivity index (χ2n) is 4.72. The summed E-state index contributed by atoms with van der Waals surface area (Å²) < 4.78 is 0. The van der Waals surface area contributed by atoms with E-state index in [-0.39, 0.29) is 5.91 Å². The Morgan fingerprint density at radius 1 is 1.62 bits per heavy atom. The molecule has 3 heteroatoms. The number of hydrogen-bond donors (Lipinski definition) is 1. The minimum Gasteiger partial charge on any atom is -0.381 e. The van der Waals surface area contributed by atoms with E-state index in [9.17, 15) is 9.90 Å². The molecule has 16 heavy (non-hydrogen) atoms. The van der Waals surface area contributed by atoms with Gasteiger partial charge in [0.2, 0.25) is 0 Å². The van der Waals surface area contributed by atoms with Gasteiger partial charge in [-0.1, -0.05) is 19.6 Å². The summed E-state index contributed by atoms with van der Waals surface area (Å²) in [6.07, 6.45) is 3.65. The van der Waals surface area contributed by atoms with E-state index in [0.717, 1.165) is 12.8 Å². The quantitative estimate of drug-likeness (QED) is 0.793. The van der Waals surface area contributed by atoms with Gasteiger partial charge in [0.05, 0.1) is 0 Å². The van der Waals surface area contributed by atoms with E-state index >= 15 is 0 Å². The maximum atomic E-state index is 11.9. The monoisotopic (exact) mass is 223 g/mol. The number of rotatable bonds is 3. The molecule has 1 aliphatic rings. The molecule has 1 amide bonds. The van der Waals surface area contributed by atoms with E-state index in [1.807, 2.05) is 6.08 Å². The van der Waals surface area contributed by atoms with Crippen molar-refractivity contribution in [3.05, 3.63) is 23.8 Å². The molecule has 0 bridgehead atoms. The van der Waals surface area contributed by atoms with Crippen LogP contribution in [0.4, 0.5) is 0 Å². The zero-order valence-electron chi connectivity index (χ0n) is 10.4. The number of hydrogen-bond acceptors (Lipinski definition) is 2. The van der Waals surface area contributed by atoms with Gasteiger partial charge in [-0.15, -0.1) is 0 Å². The summed E-state index contributed by atoms with van der Waals surface area (Å²) in [4.78, 5) is 13.6. The van der Waals surface area contributed by atoms with Crippen LogP contribution < -0.4 is 0 Å². The van der Waals surface area contributed by atoms with Gasteiger partial charge in [0.25, 0.3) is 5.91 Å². The van der Waals surface area contributed by atoms with Crippen LogP contribution in [-0.4, -0.2) is 34.6 Å². The van der Waals surface area contributed by atoms with Crippen LogP contribution in [0.15, 0.2) is 23.8 Å². The van der Waals surface area contributed by atoms with Gasteiger partial charge in [-0.05, 0) is 37.8 Å². The molecule has 0 unspecified atom stereocenters. The molecule has 0 spiro atoms. The van der Waals surface area contributed by atoms with Gasteiger partial charge in [-0.2, -0.15) is 0 Å². The minimum atomic E-state index is -1.27. The molecule has 0 aromatic carbocycles. The first-order chi connectivity index (χ1) is 7.40. The predicted molar refractivity (Wildman–Crippen MR) is 65.0 cm³/mol. The highest BCUT2D eigenvalue weighted by Gasteiger charge is 2.31. The molecule has 0 radical (unpaired) electrons. The third-order valence-electron chi connectivity index (χ3n) is 2.97. The van der Waals surface area contributed by atoms with Crippen molar-refractivity contribution < 1.29 is 9.90 Å². The van der Waals surface area contributed by atoms with Crippen molar-refractivity contribution in [1.82, 2.24) is 4.90 Å². The molecule has 0 atom stereocenters. The topological polar surface area (TPSA) is 40.5 Å². The Hall–Kier alpha value is -1.09. The van der Waals surface area contributed by atoms with Gasteiger partial charge in [-0.25, -0.2) is 0 Å². The molecule has 0 fully saturated rings. The van der Waals surface area contributed by atoms with Gasteiger partial charge in [0.15, 0.2) is 0 Å². The first kappa shape index (κ1) is 13.0. The third kappa shape index (κ3) is 2.73. The van der Waals surface area contributed by atoms with E-state index in [2.05, 4.69) is 13.5 Å². The standard InChI is InChI=1S/C13H21NO2/c1-5-10-7-8-14(9-11(10)6-2)12(15)13(3,4)16/h5,16H,1,6-9H2,2-4H3. The van der Waals surface area contributed by atoms with E-state index in [4.69, 9.17) is 0 Å². The Balaban J connectivity index is 2.82. The van der Waals surface area contributed by atoms with Crippen molar-refractivity contribution in [1.29, 1.82) is 0 Å². The van der Waals surface area contributed by atoms with Crippen LogP contribution in [0.1, 0.15) is 33.6 Å². The summed E-state index contributed by atoms with van der Waals surface area (Å²) in [5, 5.41) is 9.69. The van der Waals surface area contributed by atoms with Crippen molar-refractivity contribution in [2.75, 3.05) is 13.1 Å². The SMILES string of the molecule is C=CC1=C(CC)CN(C(=O)C(C)(C)O)CC1. The molecule has 0 saturated carbocycles. The maximum absolute atomic E-state index is 11.9. The van der Waals surface area contributed by atoms with E-state index < -0.39 is 5.60 Å². The Morgan fingerprint density at radius 2 is 2.25 bits per heavy atom. The smallest absolute Gasteiger partial charge is 0.254 e. The molecule has 3 nitrogen and oxygen atoms in total. The summed E-state index contributed by atoms with van der Waals surface area (Å²) in [6.45, 7) is 10.2. The van der Waals surface area contributed by atoms with Gasteiger partial charge >= 0.3 is 0 Å². The fourth-order valence-corrected chi connectivity index (χ4v) is 1.99. The maximum Gasteiger partial charge on any atom is 0.254 e. The number of aliphatic hydroxyl groups is 1. The molecule has 1 aliphatic heterocycles. The van der Waals surface area contributed by atoms with Crippen molar-refractivity contribution in [2.24, 2.45) is 0 Å². The average molecular weight is 223 g/mol. The Labute approximate surface area is 97.4 Å². The van der Waals surface area contributed by atoms with E-state index in [1.165, 1.54) is 25.0 Å². The first-order valence-corrected chi connectivity index (χ1v) is 5.75. The number of carbonyl (C=O) groups is 1. The lowest BCUT2D eigenvalue weighted by atomic mass is 9.96. The lowest BCUT2D eigenvalue weighted by Crippen LogP contribution is -2.47. The summed E-state index contributed by atoms with van der Waals surface area (Å²) in [5.74, 6) is -0.193. The van der Waals surface area contributed by atoms with E-state index in [1.54, 1.807) is 4.90 Å². The molecule has 90 valence electrons. The lowest BCUT2D eigenvalue weighted by molar-refractivity contribution is -0.147. The van der Waals surface area contributed by atoms with Crippen LogP contribution in [0.2, 0.25) is 0 Å². The normalized spacial score (nSPS) is 17.6. The average Bonchev–Trinajstić information content (AvgIpc) is 2.25. The lowest BCUT2D eigenvalue weighted by Gasteiger charge is -2.33. The molecule has 0 aromatic heterocycles. The molecular formula is C13H21NO2. The molecule has 0 aliphatic carbocycles.